The molecule has 0 unspecified atom stereocenters. The molecule has 0 bridgehead atoms. The van der Waals surface area contributed by atoms with Crippen LogP contribution in [0.15, 0.2) is 0 Å². The van der Waals surface area contributed by atoms with Crippen LogP contribution in [0.4, 0.5) is 0 Å². The molecular weight excluding hydrogens is 662 g/mol. The predicted octanol–water partition coefficient (Wildman–Crippen LogP) is 0.255. The Morgan fingerprint density at radius 1 is 0.340 bits per heavy atom. The molecule has 50 heavy (non-hydrogen) atoms. The Hall–Kier alpha value is -0.200. The minimum absolute atomic E-state index is 0. The molecule has 0 aliphatic carbocycles. The van der Waals surface area contributed by atoms with E-state index < -0.39 is 36.7 Å². The normalized spacial score (nSPS) is 10.3. The standard InChI is InChI=1S/2C19H36O5.2Na/c2*20-15-13-11-9-7-5-3-1-2-4-6-8-10-12-14-16-24-19(23)17-18(21)22;;/h2*20H,1-17H2,(H,21,22);;/q;;2*+1/p-2. The second-order valence-electron chi connectivity index (χ2n) is 12.9. The van der Waals surface area contributed by atoms with Gasteiger partial charge in [0.1, 0.15) is 0 Å². The third-order valence-electron chi connectivity index (χ3n) is 8.21. The molecule has 10 nitrogen and oxygen atoms in total. The SMILES string of the molecule is O=C([O-])CC(=O)OCCCCCCCCCCCCCCCCO.O=C([O-])CC(=O)OCCCCCCCCCCCCCCCCO.[Na+].[Na+]. The number of unbranched alkanes of at least 4 members (excludes halogenated alkanes) is 26. The first kappa shape index (κ1) is 56.5. The summed E-state index contributed by atoms with van der Waals surface area (Å²) < 4.78 is 9.59. The van der Waals surface area contributed by atoms with Crippen LogP contribution in [0, 0.1) is 0 Å². The van der Waals surface area contributed by atoms with Crippen molar-refractivity contribution in [1.82, 2.24) is 0 Å². The number of carboxylic acid groups (broad SMARTS) is 2. The van der Waals surface area contributed by atoms with E-state index in [0.717, 1.165) is 64.2 Å². The van der Waals surface area contributed by atoms with Crippen molar-refractivity contribution in [2.75, 3.05) is 26.4 Å². The van der Waals surface area contributed by atoms with Gasteiger partial charge in [0.05, 0.1) is 38.0 Å². The van der Waals surface area contributed by atoms with E-state index in [1.807, 2.05) is 0 Å². The van der Waals surface area contributed by atoms with Crippen molar-refractivity contribution in [2.24, 2.45) is 0 Å². The molecule has 0 aromatic heterocycles. The first-order valence-electron chi connectivity index (χ1n) is 19.3. The Labute approximate surface area is 348 Å². The van der Waals surface area contributed by atoms with Crippen LogP contribution in [0.3, 0.4) is 0 Å². The predicted molar refractivity (Wildman–Crippen MR) is 185 cm³/mol. The van der Waals surface area contributed by atoms with Gasteiger partial charge in [-0.3, -0.25) is 9.59 Å². The van der Waals surface area contributed by atoms with Gasteiger partial charge in [0.25, 0.3) is 0 Å². The fourth-order valence-electron chi connectivity index (χ4n) is 5.38. The summed E-state index contributed by atoms with van der Waals surface area (Å²) >= 11 is 0. The number of esters is 2. The molecule has 12 heteroatoms. The summed E-state index contributed by atoms with van der Waals surface area (Å²) in [5.74, 6) is -4.19. The van der Waals surface area contributed by atoms with E-state index in [9.17, 15) is 29.4 Å². The van der Waals surface area contributed by atoms with Crippen LogP contribution < -0.4 is 69.3 Å². The number of hydrogen-bond acceptors (Lipinski definition) is 10. The summed E-state index contributed by atoms with van der Waals surface area (Å²) in [4.78, 5) is 42.2. The van der Waals surface area contributed by atoms with E-state index in [2.05, 4.69) is 0 Å². The molecular formula is C38H70Na2O10. The van der Waals surface area contributed by atoms with Gasteiger partial charge in [-0.1, -0.05) is 154 Å². The molecule has 0 aromatic rings. The quantitative estimate of drug-likeness (QED) is 0.0394. The van der Waals surface area contributed by atoms with Crippen LogP contribution >= 0.6 is 0 Å². The summed E-state index contributed by atoms with van der Waals surface area (Å²) in [6, 6.07) is 0. The maximum atomic E-state index is 10.9. The van der Waals surface area contributed by atoms with Crippen LogP contribution in [0.25, 0.3) is 0 Å². The summed E-state index contributed by atoms with van der Waals surface area (Å²) in [6.07, 6.45) is 32.1. The van der Waals surface area contributed by atoms with Crippen LogP contribution in [-0.2, 0) is 28.7 Å². The number of carboxylic acids is 2. The molecule has 0 amide bonds. The molecule has 0 fully saturated rings. The number of hydrogen-bond donors (Lipinski definition) is 2. The fourth-order valence-corrected chi connectivity index (χ4v) is 5.38. The van der Waals surface area contributed by atoms with Gasteiger partial charge in [-0.2, -0.15) is 0 Å². The van der Waals surface area contributed by atoms with Crippen LogP contribution in [0.2, 0.25) is 0 Å². The number of ether oxygens (including phenoxy) is 2. The fraction of sp³-hybridized carbons (Fsp3) is 0.895. The Bertz CT molecular complexity index is 680. The van der Waals surface area contributed by atoms with Gasteiger partial charge in [-0.25, -0.2) is 0 Å². The molecule has 0 rings (SSSR count). The number of carbonyl (C=O) groups excluding carboxylic acids is 4. The second-order valence-corrected chi connectivity index (χ2v) is 12.9. The summed E-state index contributed by atoms with van der Waals surface area (Å²) in [5, 5.41) is 37.7. The summed E-state index contributed by atoms with van der Waals surface area (Å²) in [7, 11) is 0. The van der Waals surface area contributed by atoms with E-state index >= 15 is 0 Å². The largest absolute Gasteiger partial charge is 1.00 e. The van der Waals surface area contributed by atoms with E-state index in [1.165, 1.54) is 116 Å². The molecule has 284 valence electrons. The topological polar surface area (TPSA) is 173 Å². The van der Waals surface area contributed by atoms with Crippen molar-refractivity contribution in [3.05, 3.63) is 0 Å². The number of rotatable bonds is 36. The Morgan fingerprint density at radius 3 is 0.700 bits per heavy atom. The molecule has 0 spiro atoms. The first-order chi connectivity index (χ1) is 23.3. The third-order valence-corrected chi connectivity index (χ3v) is 8.21. The van der Waals surface area contributed by atoms with Crippen LogP contribution in [-0.4, -0.2) is 60.5 Å². The van der Waals surface area contributed by atoms with E-state index in [1.54, 1.807) is 0 Å². The minimum atomic E-state index is -1.39. The van der Waals surface area contributed by atoms with Crippen molar-refractivity contribution in [1.29, 1.82) is 0 Å². The van der Waals surface area contributed by atoms with Crippen molar-refractivity contribution >= 4 is 23.9 Å². The zero-order valence-electron chi connectivity index (χ0n) is 32.2. The van der Waals surface area contributed by atoms with E-state index in [4.69, 9.17) is 19.7 Å². The van der Waals surface area contributed by atoms with Gasteiger partial charge in [0, 0.05) is 13.2 Å². The minimum Gasteiger partial charge on any atom is -0.550 e. The molecule has 0 saturated heterocycles. The van der Waals surface area contributed by atoms with Crippen LogP contribution in [0.5, 0.6) is 0 Å². The maximum absolute atomic E-state index is 10.9. The van der Waals surface area contributed by atoms with Crippen molar-refractivity contribution in [2.45, 2.75) is 193 Å². The van der Waals surface area contributed by atoms with Gasteiger partial charge in [-0.15, -0.1) is 0 Å². The first-order valence-corrected chi connectivity index (χ1v) is 19.3. The number of aliphatic carboxylic acids is 2. The zero-order valence-corrected chi connectivity index (χ0v) is 36.2. The summed E-state index contributed by atoms with van der Waals surface area (Å²) in [5.41, 5.74) is 0. The van der Waals surface area contributed by atoms with E-state index in [0.29, 0.717) is 26.4 Å². The van der Waals surface area contributed by atoms with Crippen molar-refractivity contribution < 1.29 is 108 Å². The molecule has 0 saturated carbocycles. The average molecular weight is 733 g/mol. The molecule has 0 atom stereocenters. The average Bonchev–Trinajstić information content (AvgIpc) is 3.04. The molecule has 2 N–H and O–H groups in total. The Morgan fingerprint density at radius 2 is 0.520 bits per heavy atom. The number of aliphatic hydroxyl groups excluding tert-OH is 2. The third kappa shape index (κ3) is 54.6. The molecule has 0 aliphatic heterocycles. The van der Waals surface area contributed by atoms with Gasteiger partial charge < -0.3 is 39.5 Å². The van der Waals surface area contributed by atoms with Crippen molar-refractivity contribution in [3.8, 4) is 0 Å². The van der Waals surface area contributed by atoms with E-state index in [-0.39, 0.29) is 59.1 Å². The monoisotopic (exact) mass is 732 g/mol. The molecule has 0 aliphatic rings. The van der Waals surface area contributed by atoms with Gasteiger partial charge in [-0.05, 0) is 25.7 Å². The second kappa shape index (κ2) is 48.8. The molecule has 0 aromatic carbocycles. The molecule has 0 radical (unpaired) electrons. The number of carbonyl (C=O) groups is 4. The van der Waals surface area contributed by atoms with Gasteiger partial charge in [0.2, 0.25) is 0 Å². The summed E-state index contributed by atoms with van der Waals surface area (Å²) in [6.45, 7) is 1.27. The van der Waals surface area contributed by atoms with Crippen LogP contribution in [0.1, 0.15) is 193 Å². The van der Waals surface area contributed by atoms with Gasteiger partial charge >= 0.3 is 71.1 Å². The smallest absolute Gasteiger partial charge is 0.550 e. The van der Waals surface area contributed by atoms with Gasteiger partial charge in [0.15, 0.2) is 0 Å². The van der Waals surface area contributed by atoms with Crippen molar-refractivity contribution in [3.63, 3.8) is 0 Å². The Balaban J connectivity index is -0.000000407. The zero-order chi connectivity index (χ0) is 35.8. The number of aliphatic hydroxyl groups is 2. The maximum Gasteiger partial charge on any atom is 1.00 e. The Kier molecular flexibility index (Phi) is 55.2. The molecule has 0 heterocycles.